The van der Waals surface area contributed by atoms with Crippen molar-refractivity contribution in [1.82, 2.24) is 30.0 Å². The predicted molar refractivity (Wildman–Crippen MR) is 171 cm³/mol. The first kappa shape index (κ1) is 31.9. The number of hydrogen-bond donors (Lipinski definition) is 3. The number of piperazine rings is 1. The second kappa shape index (κ2) is 14.1. The number of rotatable bonds is 12. The van der Waals surface area contributed by atoms with Gasteiger partial charge in [0.15, 0.2) is 0 Å². The van der Waals surface area contributed by atoms with Crippen molar-refractivity contribution < 1.29 is 22.6 Å². The molecule has 0 spiro atoms. The summed E-state index contributed by atoms with van der Waals surface area (Å²) in [6.07, 6.45) is -3.61. The molecule has 1 saturated heterocycles. The molecule has 1 aliphatic rings. The highest BCUT2D eigenvalue weighted by atomic mass is 35.5. The van der Waals surface area contributed by atoms with Crippen LogP contribution in [0.2, 0.25) is 5.02 Å². The molecule has 5 aromatic rings. The zero-order chi connectivity index (χ0) is 32.1. The Labute approximate surface area is 268 Å². The van der Waals surface area contributed by atoms with E-state index in [-0.39, 0.29) is 11.5 Å². The van der Waals surface area contributed by atoms with Gasteiger partial charge in [0.1, 0.15) is 12.4 Å². The van der Waals surface area contributed by atoms with E-state index in [1.807, 2.05) is 24.3 Å². The molecule has 0 radical (unpaired) electrons. The minimum Gasteiger partial charge on any atom is -0.491 e. The first-order valence-corrected chi connectivity index (χ1v) is 15.5. The number of ether oxygens (including phenoxy) is 2. The lowest BCUT2D eigenvalue weighted by molar-refractivity contribution is -0.137. The number of nitrogens with zero attached hydrogens (tertiary/aromatic N) is 3. The number of aromatic amines is 2. The van der Waals surface area contributed by atoms with Crippen molar-refractivity contribution in [2.45, 2.75) is 19.0 Å². The number of fused-ring (bicyclic) bond motifs is 1. The molecular formula is C33H34ClF3N6O3. The fourth-order valence-corrected chi connectivity index (χ4v) is 5.63. The first-order valence-electron chi connectivity index (χ1n) is 15.1. The summed E-state index contributed by atoms with van der Waals surface area (Å²) in [5.41, 5.74) is 2.43. The van der Waals surface area contributed by atoms with Crippen molar-refractivity contribution in [1.29, 1.82) is 0 Å². The number of benzene rings is 3. The summed E-state index contributed by atoms with van der Waals surface area (Å²) in [6.45, 7) is 6.63. The van der Waals surface area contributed by atoms with Gasteiger partial charge in [-0.1, -0.05) is 35.9 Å². The molecule has 0 unspecified atom stereocenters. The van der Waals surface area contributed by atoms with Crippen molar-refractivity contribution in [2.75, 3.05) is 52.5 Å². The molecule has 0 atom stereocenters. The molecular weight excluding hydrogens is 621 g/mol. The topological polar surface area (TPSA) is 100 Å². The van der Waals surface area contributed by atoms with Crippen LogP contribution in [0.4, 0.5) is 13.2 Å². The van der Waals surface area contributed by atoms with Gasteiger partial charge in [0.05, 0.1) is 35.5 Å². The van der Waals surface area contributed by atoms with Gasteiger partial charge in [-0.2, -0.15) is 17.9 Å². The number of nitrogens with one attached hydrogen (secondary N) is 3. The predicted octanol–water partition coefficient (Wildman–Crippen LogP) is 5.47. The molecule has 242 valence electrons. The van der Waals surface area contributed by atoms with Crippen LogP contribution < -0.4 is 15.6 Å². The number of imidazole rings is 1. The van der Waals surface area contributed by atoms with Crippen molar-refractivity contribution >= 4 is 22.6 Å². The molecule has 13 heteroatoms. The summed E-state index contributed by atoms with van der Waals surface area (Å²) in [5, 5.41) is 6.93. The second-order valence-electron chi connectivity index (χ2n) is 11.1. The second-order valence-corrected chi connectivity index (χ2v) is 11.5. The van der Waals surface area contributed by atoms with Gasteiger partial charge >= 0.3 is 6.18 Å². The highest BCUT2D eigenvalue weighted by molar-refractivity contribution is 6.31. The maximum atomic E-state index is 13.7. The Morgan fingerprint density at radius 1 is 0.913 bits per heavy atom. The summed E-state index contributed by atoms with van der Waals surface area (Å²) in [7, 11) is 0. The van der Waals surface area contributed by atoms with E-state index in [9.17, 15) is 18.0 Å². The average molecular weight is 655 g/mol. The SMILES string of the molecule is O=c1c(CCc2ccc(OCCOCCN3CCNCC3)cc2)c(-c2ccc(C(F)(F)F)cc2)[nH]n1-c1nc2ccc(Cl)cc2[nH]1. The molecule has 46 heavy (non-hydrogen) atoms. The van der Waals surface area contributed by atoms with E-state index in [2.05, 4.69) is 25.3 Å². The lowest BCUT2D eigenvalue weighted by atomic mass is 10.0. The quantitative estimate of drug-likeness (QED) is 0.154. The van der Waals surface area contributed by atoms with Gasteiger partial charge < -0.3 is 19.8 Å². The van der Waals surface area contributed by atoms with Crippen molar-refractivity contribution in [3.63, 3.8) is 0 Å². The van der Waals surface area contributed by atoms with Gasteiger partial charge in [-0.05, 0) is 66.4 Å². The van der Waals surface area contributed by atoms with E-state index in [1.54, 1.807) is 18.2 Å². The van der Waals surface area contributed by atoms with Crippen LogP contribution in [0.25, 0.3) is 28.2 Å². The molecule has 3 N–H and O–H groups in total. The monoisotopic (exact) mass is 654 g/mol. The molecule has 6 rings (SSSR count). The van der Waals surface area contributed by atoms with Crippen LogP contribution >= 0.6 is 11.6 Å². The maximum Gasteiger partial charge on any atom is 0.416 e. The molecule has 1 aliphatic heterocycles. The average Bonchev–Trinajstić information content (AvgIpc) is 3.62. The molecule has 0 bridgehead atoms. The zero-order valence-electron chi connectivity index (χ0n) is 25.0. The summed E-state index contributed by atoms with van der Waals surface area (Å²) in [6, 6.07) is 17.5. The van der Waals surface area contributed by atoms with Gasteiger partial charge in [-0.15, -0.1) is 0 Å². The Bertz CT molecular complexity index is 1810. The minimum atomic E-state index is -4.47. The fraction of sp³-hybridized carbons (Fsp3) is 0.333. The summed E-state index contributed by atoms with van der Waals surface area (Å²) >= 11 is 6.12. The van der Waals surface area contributed by atoms with Crippen LogP contribution in [0.1, 0.15) is 16.7 Å². The molecule has 0 saturated carbocycles. The van der Waals surface area contributed by atoms with E-state index in [4.69, 9.17) is 21.1 Å². The largest absolute Gasteiger partial charge is 0.491 e. The Hall–Kier alpha value is -4.10. The number of H-pyrrole nitrogens is 2. The molecule has 2 aromatic heterocycles. The zero-order valence-corrected chi connectivity index (χ0v) is 25.8. The summed E-state index contributed by atoms with van der Waals surface area (Å²) in [5.74, 6) is 0.963. The lowest BCUT2D eigenvalue weighted by Gasteiger charge is -2.26. The molecule has 3 heterocycles. The highest BCUT2D eigenvalue weighted by Gasteiger charge is 2.30. The van der Waals surface area contributed by atoms with E-state index in [1.165, 1.54) is 16.8 Å². The van der Waals surface area contributed by atoms with E-state index < -0.39 is 11.7 Å². The normalized spacial score (nSPS) is 14.3. The van der Waals surface area contributed by atoms with Gasteiger partial charge in [0.2, 0.25) is 5.95 Å². The Balaban J connectivity index is 1.13. The minimum absolute atomic E-state index is 0.246. The van der Waals surface area contributed by atoms with Gasteiger partial charge in [0, 0.05) is 43.3 Å². The van der Waals surface area contributed by atoms with Crippen LogP contribution in [-0.4, -0.2) is 77.2 Å². The number of aryl methyl sites for hydroxylation is 1. The Kier molecular flexibility index (Phi) is 9.78. The molecule has 0 aliphatic carbocycles. The lowest BCUT2D eigenvalue weighted by Crippen LogP contribution is -2.44. The molecule has 9 nitrogen and oxygen atoms in total. The van der Waals surface area contributed by atoms with E-state index in [0.717, 1.165) is 50.4 Å². The fourth-order valence-electron chi connectivity index (χ4n) is 5.46. The molecule has 0 amide bonds. The number of halogens is 4. The van der Waals surface area contributed by atoms with Crippen molar-refractivity contribution in [3.8, 4) is 23.0 Å². The Morgan fingerprint density at radius 2 is 1.67 bits per heavy atom. The maximum absolute atomic E-state index is 13.7. The van der Waals surface area contributed by atoms with E-state index in [0.29, 0.717) is 71.3 Å². The number of hydrogen-bond acceptors (Lipinski definition) is 6. The highest BCUT2D eigenvalue weighted by Crippen LogP contribution is 2.31. The molecule has 3 aromatic carbocycles. The van der Waals surface area contributed by atoms with Gasteiger partial charge in [-0.3, -0.25) is 14.8 Å². The van der Waals surface area contributed by atoms with Gasteiger partial charge in [-0.25, -0.2) is 4.98 Å². The third kappa shape index (κ3) is 7.64. The van der Waals surface area contributed by atoms with Gasteiger partial charge in [0.25, 0.3) is 5.56 Å². The third-order valence-corrected chi connectivity index (χ3v) is 8.21. The van der Waals surface area contributed by atoms with Crippen LogP contribution in [0, 0.1) is 0 Å². The standard InChI is InChI=1S/C33H34ClF3N6O3/c34-25-8-12-28-29(21-25)40-32(39-28)43-31(44)27(30(41-43)23-4-6-24(7-5-23)33(35,36)37)11-3-22-1-9-26(10-2-22)46-20-19-45-18-17-42-15-13-38-14-16-42/h1-2,4-10,12,21,38,41H,3,11,13-20H2,(H,39,40). The van der Waals surface area contributed by atoms with E-state index >= 15 is 0 Å². The van der Waals surface area contributed by atoms with Crippen LogP contribution in [-0.2, 0) is 23.8 Å². The number of aromatic nitrogens is 4. The number of alkyl halides is 3. The molecule has 1 fully saturated rings. The van der Waals surface area contributed by atoms with Crippen LogP contribution in [0.3, 0.4) is 0 Å². The van der Waals surface area contributed by atoms with Crippen molar-refractivity contribution in [2.24, 2.45) is 0 Å². The third-order valence-electron chi connectivity index (χ3n) is 7.98. The smallest absolute Gasteiger partial charge is 0.416 e. The summed E-state index contributed by atoms with van der Waals surface area (Å²) < 4.78 is 52.5. The van der Waals surface area contributed by atoms with Crippen molar-refractivity contribution in [3.05, 3.63) is 98.8 Å². The van der Waals surface area contributed by atoms with Crippen LogP contribution in [0.15, 0.2) is 71.5 Å². The first-order chi connectivity index (χ1) is 22.2. The Morgan fingerprint density at radius 3 is 2.41 bits per heavy atom. The van der Waals surface area contributed by atoms with Crippen LogP contribution in [0.5, 0.6) is 5.75 Å². The summed E-state index contributed by atoms with van der Waals surface area (Å²) in [4.78, 5) is 23.7.